The number of para-hydroxylation sites is 1. The lowest BCUT2D eigenvalue weighted by atomic mass is 10.0. The number of benzene rings is 1. The zero-order valence-electron chi connectivity index (χ0n) is 14.5. The highest BCUT2D eigenvalue weighted by molar-refractivity contribution is 5.99. The van der Waals surface area contributed by atoms with E-state index in [0.717, 1.165) is 17.7 Å². The van der Waals surface area contributed by atoms with Crippen LogP contribution in [-0.4, -0.2) is 23.1 Å². The molecule has 6 heteroatoms. The molecule has 0 spiro atoms. The van der Waals surface area contributed by atoms with Crippen molar-refractivity contribution >= 4 is 11.6 Å². The van der Waals surface area contributed by atoms with Crippen LogP contribution in [0.4, 0.5) is 5.69 Å². The molecule has 1 aliphatic heterocycles. The van der Waals surface area contributed by atoms with Gasteiger partial charge in [0.2, 0.25) is 0 Å². The van der Waals surface area contributed by atoms with E-state index in [-0.39, 0.29) is 11.6 Å². The molecule has 0 unspecified atom stereocenters. The predicted molar refractivity (Wildman–Crippen MR) is 101 cm³/mol. The molecule has 1 aromatic carbocycles. The molecule has 0 aliphatic carbocycles. The van der Waals surface area contributed by atoms with Crippen molar-refractivity contribution in [3.05, 3.63) is 59.9 Å². The number of carbonyl (C=O) groups is 1. The third-order valence-electron chi connectivity index (χ3n) is 4.24. The van der Waals surface area contributed by atoms with Gasteiger partial charge in [-0.1, -0.05) is 18.2 Å². The van der Waals surface area contributed by atoms with Crippen LogP contribution in [0.1, 0.15) is 35.2 Å². The Hall–Kier alpha value is -3.20. The second kappa shape index (κ2) is 8.26. The number of carbonyl (C=O) groups excluding carboxylic acids is 1. The van der Waals surface area contributed by atoms with E-state index in [0.29, 0.717) is 31.5 Å². The average Bonchev–Trinajstić information content (AvgIpc) is 3.46. The van der Waals surface area contributed by atoms with Crippen molar-refractivity contribution in [1.29, 1.82) is 0 Å². The van der Waals surface area contributed by atoms with Crippen molar-refractivity contribution in [3.63, 3.8) is 0 Å². The van der Waals surface area contributed by atoms with Crippen LogP contribution < -0.4 is 10.6 Å². The van der Waals surface area contributed by atoms with Gasteiger partial charge in [-0.05, 0) is 23.8 Å². The third-order valence-corrected chi connectivity index (χ3v) is 4.24. The Bertz CT molecular complexity index is 820. The second-order valence-electron chi connectivity index (χ2n) is 6.15. The molecule has 1 amide bonds. The van der Waals surface area contributed by atoms with Gasteiger partial charge in [-0.3, -0.25) is 9.78 Å². The van der Waals surface area contributed by atoms with Crippen molar-refractivity contribution in [2.75, 3.05) is 11.9 Å². The molecule has 0 saturated carbocycles. The smallest absolute Gasteiger partial charge is 0.253 e. The van der Waals surface area contributed by atoms with Crippen LogP contribution in [0.15, 0.2) is 59.0 Å². The van der Waals surface area contributed by atoms with Crippen molar-refractivity contribution in [2.45, 2.75) is 31.5 Å². The third kappa shape index (κ3) is 4.67. The van der Waals surface area contributed by atoms with Crippen LogP contribution in [0.5, 0.6) is 0 Å². The molecule has 0 fully saturated rings. The lowest BCUT2D eigenvalue weighted by Gasteiger charge is -2.13. The molecule has 26 heavy (non-hydrogen) atoms. The minimum atomic E-state index is -0.377. The highest BCUT2D eigenvalue weighted by Crippen LogP contribution is 2.36. The number of pyridine rings is 1. The summed E-state index contributed by atoms with van der Waals surface area (Å²) in [5.74, 6) is 2.49. The fourth-order valence-electron chi connectivity index (χ4n) is 2.67. The van der Waals surface area contributed by atoms with E-state index < -0.39 is 0 Å². The highest BCUT2D eigenvalue weighted by atomic mass is 16.1. The van der Waals surface area contributed by atoms with Gasteiger partial charge in [0.05, 0.1) is 5.56 Å². The van der Waals surface area contributed by atoms with E-state index in [1.165, 1.54) is 0 Å². The summed E-state index contributed by atoms with van der Waals surface area (Å²) in [6, 6.07) is 11.3. The summed E-state index contributed by atoms with van der Waals surface area (Å²) < 4.78 is 0. The number of aromatic nitrogens is 1. The number of rotatable bonds is 9. The van der Waals surface area contributed by atoms with Gasteiger partial charge >= 0.3 is 0 Å². The lowest BCUT2D eigenvalue weighted by Crippen LogP contribution is -2.28. The summed E-state index contributed by atoms with van der Waals surface area (Å²) >= 11 is 0. The molecule has 0 bridgehead atoms. The Kier molecular flexibility index (Phi) is 5.59. The van der Waals surface area contributed by atoms with E-state index in [1.807, 2.05) is 30.3 Å². The average molecular weight is 347 g/mol. The highest BCUT2D eigenvalue weighted by Gasteiger charge is 2.38. The molecule has 0 saturated heterocycles. The normalized spacial score (nSPS) is 13.7. The van der Waals surface area contributed by atoms with Crippen molar-refractivity contribution in [2.24, 2.45) is 10.2 Å². The van der Waals surface area contributed by atoms with Crippen LogP contribution >= 0.6 is 0 Å². The topological polar surface area (TPSA) is 78.7 Å². The summed E-state index contributed by atoms with van der Waals surface area (Å²) in [7, 11) is 0. The first-order valence-corrected chi connectivity index (χ1v) is 8.60. The fraction of sp³-hybridized carbons (Fsp3) is 0.300. The quantitative estimate of drug-likeness (QED) is 0.683. The number of amides is 1. The molecule has 3 rings (SSSR count). The Morgan fingerprint density at radius 1 is 1.15 bits per heavy atom. The summed E-state index contributed by atoms with van der Waals surface area (Å²) in [4.78, 5) is 16.6. The number of hydrogen-bond acceptors (Lipinski definition) is 5. The fourth-order valence-corrected chi connectivity index (χ4v) is 2.67. The van der Waals surface area contributed by atoms with E-state index in [2.05, 4.69) is 31.8 Å². The lowest BCUT2D eigenvalue weighted by molar-refractivity contribution is 0.0952. The van der Waals surface area contributed by atoms with Crippen LogP contribution in [0.3, 0.4) is 0 Å². The van der Waals surface area contributed by atoms with Crippen molar-refractivity contribution < 1.29 is 4.79 Å². The van der Waals surface area contributed by atoms with Gasteiger partial charge < -0.3 is 10.6 Å². The molecule has 2 aromatic rings. The molecule has 2 heterocycles. The number of nitrogens with zero attached hydrogens (tertiary/aromatic N) is 3. The largest absolute Gasteiger partial charge is 0.380 e. The van der Waals surface area contributed by atoms with Gasteiger partial charge in [0.15, 0.2) is 5.66 Å². The monoisotopic (exact) mass is 347 g/mol. The molecule has 132 valence electrons. The van der Waals surface area contributed by atoms with E-state index in [9.17, 15) is 4.79 Å². The number of anilines is 1. The number of hydrogen-bond donors (Lipinski definition) is 2. The summed E-state index contributed by atoms with van der Waals surface area (Å²) in [6.07, 6.45) is 10.9. The van der Waals surface area contributed by atoms with Crippen molar-refractivity contribution in [1.82, 2.24) is 10.3 Å². The molecular weight excluding hydrogens is 326 g/mol. The maximum atomic E-state index is 12.5. The Morgan fingerprint density at radius 2 is 2.00 bits per heavy atom. The maximum Gasteiger partial charge on any atom is 0.253 e. The standard InChI is InChI=1S/C20H21N5O/c1-2-3-10-20(24-25-20)11-13-22-19(26)17-8-4-5-9-18(17)23-15-16-7-6-12-21-14-16/h1,4-9,12,14,23H,3,10-11,13,15H2,(H,22,26). The number of terminal acetylenes is 1. The van der Waals surface area contributed by atoms with Gasteiger partial charge in [0, 0.05) is 50.4 Å². The molecular formula is C20H21N5O. The summed E-state index contributed by atoms with van der Waals surface area (Å²) in [5.41, 5.74) is 2.07. The van der Waals surface area contributed by atoms with E-state index in [1.54, 1.807) is 18.5 Å². The van der Waals surface area contributed by atoms with Gasteiger partial charge in [0.1, 0.15) is 0 Å². The molecule has 2 N–H and O–H groups in total. The summed E-state index contributed by atoms with van der Waals surface area (Å²) in [5, 5.41) is 14.4. The van der Waals surface area contributed by atoms with Crippen LogP contribution in [0.2, 0.25) is 0 Å². The first-order valence-electron chi connectivity index (χ1n) is 8.60. The Balaban J connectivity index is 1.53. The molecule has 1 aliphatic rings. The van der Waals surface area contributed by atoms with Crippen LogP contribution in [0.25, 0.3) is 0 Å². The van der Waals surface area contributed by atoms with Crippen LogP contribution in [-0.2, 0) is 6.54 Å². The first-order chi connectivity index (χ1) is 12.7. The van der Waals surface area contributed by atoms with Gasteiger partial charge in [-0.25, -0.2) is 0 Å². The SMILES string of the molecule is C#CCCC1(CCNC(=O)c2ccccc2NCc2cccnc2)N=N1. The molecule has 0 atom stereocenters. The van der Waals surface area contributed by atoms with Gasteiger partial charge in [-0.15, -0.1) is 12.3 Å². The van der Waals surface area contributed by atoms with Gasteiger partial charge in [0.25, 0.3) is 5.91 Å². The molecule has 0 radical (unpaired) electrons. The first kappa shape index (κ1) is 17.6. The van der Waals surface area contributed by atoms with E-state index >= 15 is 0 Å². The molecule has 6 nitrogen and oxygen atoms in total. The second-order valence-corrected chi connectivity index (χ2v) is 6.15. The summed E-state index contributed by atoms with van der Waals surface area (Å²) in [6.45, 7) is 1.11. The molecule has 1 aromatic heterocycles. The van der Waals surface area contributed by atoms with Crippen molar-refractivity contribution in [3.8, 4) is 12.3 Å². The minimum Gasteiger partial charge on any atom is -0.380 e. The van der Waals surface area contributed by atoms with Gasteiger partial charge in [-0.2, -0.15) is 10.2 Å². The Morgan fingerprint density at radius 3 is 2.73 bits per heavy atom. The zero-order valence-corrected chi connectivity index (χ0v) is 14.5. The minimum absolute atomic E-state index is 0.118. The Labute approximate surface area is 153 Å². The zero-order chi connectivity index (χ0) is 18.2. The maximum absolute atomic E-state index is 12.5. The number of nitrogens with one attached hydrogen (secondary N) is 2. The predicted octanol–water partition coefficient (Wildman–Crippen LogP) is 3.39. The van der Waals surface area contributed by atoms with Crippen LogP contribution in [0, 0.1) is 12.3 Å². The van der Waals surface area contributed by atoms with E-state index in [4.69, 9.17) is 6.42 Å².